The molecule has 0 amide bonds. The van der Waals surface area contributed by atoms with Crippen LogP contribution in [0.3, 0.4) is 0 Å². The van der Waals surface area contributed by atoms with Gasteiger partial charge in [0.25, 0.3) is 0 Å². The second-order valence-electron chi connectivity index (χ2n) is 4.00. The van der Waals surface area contributed by atoms with Gasteiger partial charge >= 0.3 is 0 Å². The molecule has 0 bridgehead atoms. The van der Waals surface area contributed by atoms with E-state index in [1.165, 1.54) is 5.56 Å². The summed E-state index contributed by atoms with van der Waals surface area (Å²) in [6, 6.07) is 8.04. The van der Waals surface area contributed by atoms with Gasteiger partial charge < -0.3 is 10.5 Å². The van der Waals surface area contributed by atoms with Crippen molar-refractivity contribution in [1.82, 2.24) is 9.78 Å². The van der Waals surface area contributed by atoms with E-state index in [4.69, 9.17) is 10.5 Å². The molecule has 82 valence electrons. The van der Waals surface area contributed by atoms with Crippen LogP contribution < -0.4 is 10.5 Å². The summed E-state index contributed by atoms with van der Waals surface area (Å²) < 4.78 is 7.15. The molecule has 0 unspecified atom stereocenters. The summed E-state index contributed by atoms with van der Waals surface area (Å²) in [6.07, 6.45) is 0.978. The summed E-state index contributed by atoms with van der Waals surface area (Å²) in [7, 11) is 1.84. The van der Waals surface area contributed by atoms with Gasteiger partial charge in [0, 0.05) is 25.1 Å². The molecule has 16 heavy (non-hydrogen) atoms. The predicted octanol–water partition coefficient (Wildman–Crippen LogP) is 1.60. The molecule has 1 aliphatic heterocycles. The quantitative estimate of drug-likeness (QED) is 0.786. The van der Waals surface area contributed by atoms with Gasteiger partial charge in [0.05, 0.1) is 12.3 Å². The minimum atomic E-state index is 0.673. The topological polar surface area (TPSA) is 53.1 Å². The Labute approximate surface area is 93.6 Å². The summed E-state index contributed by atoms with van der Waals surface area (Å²) in [4.78, 5) is 0. The summed E-state index contributed by atoms with van der Waals surface area (Å²) >= 11 is 0. The number of hydrogen-bond donors (Lipinski definition) is 1. The van der Waals surface area contributed by atoms with E-state index in [1.807, 2.05) is 25.2 Å². The van der Waals surface area contributed by atoms with Gasteiger partial charge in [-0.05, 0) is 23.8 Å². The summed E-state index contributed by atoms with van der Waals surface area (Å²) in [5.41, 5.74) is 9.02. The SMILES string of the molecule is Cn1nc(-c2ccc3c(c2)CCO3)cc1N. The van der Waals surface area contributed by atoms with Crippen molar-refractivity contribution in [3.05, 3.63) is 29.8 Å². The van der Waals surface area contributed by atoms with Gasteiger partial charge in [-0.3, -0.25) is 4.68 Å². The van der Waals surface area contributed by atoms with Crippen LogP contribution in [-0.2, 0) is 13.5 Å². The van der Waals surface area contributed by atoms with Gasteiger partial charge in [0.15, 0.2) is 0 Å². The molecule has 4 heteroatoms. The lowest BCUT2D eigenvalue weighted by molar-refractivity contribution is 0.357. The highest BCUT2D eigenvalue weighted by Crippen LogP contribution is 2.30. The highest BCUT2D eigenvalue weighted by Gasteiger charge is 2.13. The van der Waals surface area contributed by atoms with Crippen LogP contribution in [0.15, 0.2) is 24.3 Å². The van der Waals surface area contributed by atoms with Crippen LogP contribution >= 0.6 is 0 Å². The Hall–Kier alpha value is -1.97. The largest absolute Gasteiger partial charge is 0.493 e. The maximum atomic E-state index is 5.77. The smallest absolute Gasteiger partial charge is 0.122 e. The highest BCUT2D eigenvalue weighted by molar-refractivity contribution is 5.65. The number of nitrogens with two attached hydrogens (primary N) is 1. The summed E-state index contributed by atoms with van der Waals surface area (Å²) in [6.45, 7) is 0.781. The standard InChI is InChI=1S/C12H13N3O/c1-15-12(13)7-10(14-15)8-2-3-11-9(6-8)4-5-16-11/h2-3,6-7H,4-5,13H2,1H3. The molecule has 0 saturated heterocycles. The van der Waals surface area contributed by atoms with Gasteiger partial charge in [-0.1, -0.05) is 0 Å². The molecule has 1 aromatic heterocycles. The van der Waals surface area contributed by atoms with Gasteiger partial charge in [0.2, 0.25) is 0 Å². The molecule has 0 saturated carbocycles. The van der Waals surface area contributed by atoms with E-state index in [0.717, 1.165) is 30.0 Å². The predicted molar refractivity (Wildman–Crippen MR) is 62.3 cm³/mol. The fourth-order valence-corrected chi connectivity index (χ4v) is 1.97. The van der Waals surface area contributed by atoms with Crippen molar-refractivity contribution in [2.24, 2.45) is 7.05 Å². The van der Waals surface area contributed by atoms with Crippen LogP contribution in [0, 0.1) is 0 Å². The molecule has 0 atom stereocenters. The minimum Gasteiger partial charge on any atom is -0.493 e. The molecule has 2 aromatic rings. The number of ether oxygens (including phenoxy) is 1. The lowest BCUT2D eigenvalue weighted by Gasteiger charge is -2.00. The van der Waals surface area contributed by atoms with Crippen molar-refractivity contribution >= 4 is 5.82 Å². The normalized spacial score (nSPS) is 13.6. The van der Waals surface area contributed by atoms with Crippen molar-refractivity contribution in [2.45, 2.75) is 6.42 Å². The number of rotatable bonds is 1. The molecule has 0 spiro atoms. The van der Waals surface area contributed by atoms with E-state index < -0.39 is 0 Å². The Morgan fingerprint density at radius 1 is 1.38 bits per heavy atom. The lowest BCUT2D eigenvalue weighted by Crippen LogP contribution is -1.96. The number of aryl methyl sites for hydroxylation is 1. The average molecular weight is 215 g/mol. The molecule has 1 aromatic carbocycles. The highest BCUT2D eigenvalue weighted by atomic mass is 16.5. The Morgan fingerprint density at radius 3 is 3.00 bits per heavy atom. The molecular weight excluding hydrogens is 202 g/mol. The minimum absolute atomic E-state index is 0.673. The molecule has 3 rings (SSSR count). The Balaban J connectivity index is 2.07. The van der Waals surface area contributed by atoms with Crippen LogP contribution in [-0.4, -0.2) is 16.4 Å². The zero-order chi connectivity index (χ0) is 11.1. The maximum absolute atomic E-state index is 5.77. The first-order valence-corrected chi connectivity index (χ1v) is 5.29. The molecule has 4 nitrogen and oxygen atoms in total. The third kappa shape index (κ3) is 1.34. The van der Waals surface area contributed by atoms with Crippen molar-refractivity contribution in [1.29, 1.82) is 0 Å². The zero-order valence-corrected chi connectivity index (χ0v) is 9.10. The van der Waals surface area contributed by atoms with E-state index >= 15 is 0 Å². The molecule has 0 fully saturated rings. The van der Waals surface area contributed by atoms with Crippen LogP contribution in [0.5, 0.6) is 5.75 Å². The Kier molecular flexibility index (Phi) is 1.89. The van der Waals surface area contributed by atoms with Crippen molar-refractivity contribution < 1.29 is 4.74 Å². The maximum Gasteiger partial charge on any atom is 0.122 e. The monoisotopic (exact) mass is 215 g/mol. The third-order valence-electron chi connectivity index (χ3n) is 2.90. The number of nitrogen functional groups attached to an aromatic ring is 1. The Bertz CT molecular complexity index is 526. The fraction of sp³-hybridized carbons (Fsp3) is 0.250. The zero-order valence-electron chi connectivity index (χ0n) is 9.10. The number of anilines is 1. The summed E-state index contributed by atoms with van der Waals surface area (Å²) in [5, 5.41) is 4.36. The first-order valence-electron chi connectivity index (χ1n) is 5.29. The second kappa shape index (κ2) is 3.27. The van der Waals surface area contributed by atoms with Crippen LogP contribution in [0.1, 0.15) is 5.56 Å². The van der Waals surface area contributed by atoms with Crippen molar-refractivity contribution in [3.8, 4) is 17.0 Å². The molecule has 2 N–H and O–H groups in total. The second-order valence-corrected chi connectivity index (χ2v) is 4.00. The number of benzene rings is 1. The Morgan fingerprint density at radius 2 is 2.25 bits per heavy atom. The number of hydrogen-bond acceptors (Lipinski definition) is 3. The lowest BCUT2D eigenvalue weighted by atomic mass is 10.1. The average Bonchev–Trinajstić information content (AvgIpc) is 2.85. The van der Waals surface area contributed by atoms with E-state index in [1.54, 1.807) is 4.68 Å². The molecule has 2 heterocycles. The molecule has 0 aliphatic carbocycles. The first-order chi connectivity index (χ1) is 7.74. The first kappa shape index (κ1) is 9.27. The van der Waals surface area contributed by atoms with Crippen LogP contribution in [0.4, 0.5) is 5.82 Å². The van der Waals surface area contributed by atoms with Gasteiger partial charge in [-0.2, -0.15) is 5.10 Å². The van der Waals surface area contributed by atoms with E-state index in [9.17, 15) is 0 Å². The summed E-state index contributed by atoms with van der Waals surface area (Å²) in [5.74, 6) is 1.67. The fourth-order valence-electron chi connectivity index (χ4n) is 1.97. The van der Waals surface area contributed by atoms with Gasteiger partial charge in [-0.15, -0.1) is 0 Å². The molecule has 1 aliphatic rings. The number of fused-ring (bicyclic) bond motifs is 1. The third-order valence-corrected chi connectivity index (χ3v) is 2.90. The van der Waals surface area contributed by atoms with Crippen molar-refractivity contribution in [2.75, 3.05) is 12.3 Å². The van der Waals surface area contributed by atoms with E-state index in [2.05, 4.69) is 11.2 Å². The van der Waals surface area contributed by atoms with E-state index in [-0.39, 0.29) is 0 Å². The van der Waals surface area contributed by atoms with E-state index in [0.29, 0.717) is 5.82 Å². The van der Waals surface area contributed by atoms with Crippen molar-refractivity contribution in [3.63, 3.8) is 0 Å². The molecular formula is C12H13N3O. The van der Waals surface area contributed by atoms with Crippen LogP contribution in [0.25, 0.3) is 11.3 Å². The molecule has 0 radical (unpaired) electrons. The van der Waals surface area contributed by atoms with Gasteiger partial charge in [0.1, 0.15) is 11.6 Å². The van der Waals surface area contributed by atoms with Gasteiger partial charge in [-0.25, -0.2) is 0 Å². The number of nitrogens with zero attached hydrogens (tertiary/aromatic N) is 2. The number of aromatic nitrogens is 2. The van der Waals surface area contributed by atoms with Crippen LogP contribution in [0.2, 0.25) is 0 Å².